The van der Waals surface area contributed by atoms with E-state index in [9.17, 15) is 4.79 Å². The van der Waals surface area contributed by atoms with E-state index in [0.29, 0.717) is 23.9 Å². The van der Waals surface area contributed by atoms with E-state index in [4.69, 9.17) is 9.72 Å². The molecule has 0 atom stereocenters. The lowest BCUT2D eigenvalue weighted by molar-refractivity contribution is -0.136. The summed E-state index contributed by atoms with van der Waals surface area (Å²) in [6, 6.07) is 4.17. The Labute approximate surface area is 190 Å². The molecule has 0 radical (unpaired) electrons. The van der Waals surface area contributed by atoms with Gasteiger partial charge in [-0.25, -0.2) is 0 Å². The summed E-state index contributed by atoms with van der Waals surface area (Å²) in [6.45, 7) is 4.96. The Balaban J connectivity index is 1.28. The molecule has 10 heteroatoms. The molecule has 1 amide bonds. The molecular formula is C23H26N8O2. The molecular weight excluding hydrogens is 420 g/mol. The zero-order chi connectivity index (χ0) is 22.7. The molecule has 1 aliphatic heterocycles. The molecule has 5 heterocycles. The second-order valence-electron chi connectivity index (χ2n) is 9.27. The number of hydrogen-bond donors (Lipinski definition) is 2. The number of aromatic nitrogens is 6. The smallest absolute Gasteiger partial charge is 0.228 e. The molecule has 1 saturated carbocycles. The van der Waals surface area contributed by atoms with Crippen LogP contribution in [0.2, 0.25) is 0 Å². The molecule has 33 heavy (non-hydrogen) atoms. The highest BCUT2D eigenvalue weighted by Gasteiger charge is 2.48. The second-order valence-corrected chi connectivity index (χ2v) is 9.27. The maximum atomic E-state index is 12.2. The van der Waals surface area contributed by atoms with Crippen LogP contribution in [-0.2, 0) is 4.79 Å². The number of methoxy groups -OCH3 is 1. The molecule has 0 bridgehead atoms. The van der Waals surface area contributed by atoms with E-state index >= 15 is 0 Å². The summed E-state index contributed by atoms with van der Waals surface area (Å²) in [5.41, 5.74) is 3.37. The fourth-order valence-corrected chi connectivity index (χ4v) is 5.33. The molecule has 6 rings (SSSR count). The molecule has 2 fully saturated rings. The second kappa shape index (κ2) is 7.16. The molecule has 4 aromatic heterocycles. The van der Waals surface area contributed by atoms with Crippen LogP contribution in [0.5, 0.6) is 5.88 Å². The monoisotopic (exact) mass is 446 g/mol. The maximum absolute atomic E-state index is 12.2. The number of ether oxygens (including phenoxy) is 1. The normalized spacial score (nSPS) is 22.8. The van der Waals surface area contributed by atoms with Crippen molar-refractivity contribution >= 4 is 28.5 Å². The summed E-state index contributed by atoms with van der Waals surface area (Å²) in [7, 11) is 1.62. The summed E-state index contributed by atoms with van der Waals surface area (Å²) in [6.07, 6.45) is 7.33. The summed E-state index contributed by atoms with van der Waals surface area (Å²) in [4.78, 5) is 26.8. The molecule has 1 aliphatic carbocycles. The van der Waals surface area contributed by atoms with Gasteiger partial charge >= 0.3 is 0 Å². The van der Waals surface area contributed by atoms with Crippen molar-refractivity contribution in [2.24, 2.45) is 0 Å². The first kappa shape index (κ1) is 20.0. The molecule has 2 N–H and O–H groups in total. The topological polar surface area (TPSA) is 113 Å². The van der Waals surface area contributed by atoms with E-state index in [2.05, 4.69) is 32.4 Å². The third-order valence-corrected chi connectivity index (χ3v) is 7.01. The van der Waals surface area contributed by atoms with Crippen molar-refractivity contribution in [3.8, 4) is 17.0 Å². The van der Waals surface area contributed by atoms with Crippen molar-refractivity contribution in [1.82, 2.24) is 34.4 Å². The average Bonchev–Trinajstić information content (AvgIpc) is 3.50. The SMILES string of the molecule is COc1nc(N[C@H]2C[C@@](C)(N3CCCC3=O)C2)nc2[nH]cc(-c3ccc4nnc(C)n4c3)c12. The Morgan fingerprint density at radius 1 is 1.24 bits per heavy atom. The number of nitrogens with one attached hydrogen (secondary N) is 2. The highest BCUT2D eigenvalue weighted by Crippen LogP contribution is 2.41. The van der Waals surface area contributed by atoms with Crippen molar-refractivity contribution in [3.05, 3.63) is 30.4 Å². The van der Waals surface area contributed by atoms with Gasteiger partial charge in [-0.3, -0.25) is 9.20 Å². The van der Waals surface area contributed by atoms with Crippen LogP contribution in [-0.4, -0.2) is 65.6 Å². The molecule has 2 aliphatic rings. The summed E-state index contributed by atoms with van der Waals surface area (Å²) in [5, 5.41) is 12.6. The Morgan fingerprint density at radius 2 is 2.09 bits per heavy atom. The molecule has 4 aromatic rings. The van der Waals surface area contributed by atoms with Gasteiger partial charge in [0.2, 0.25) is 17.7 Å². The number of pyridine rings is 1. The summed E-state index contributed by atoms with van der Waals surface area (Å²) >= 11 is 0. The number of nitrogens with zero attached hydrogens (tertiary/aromatic N) is 6. The van der Waals surface area contributed by atoms with Gasteiger partial charge < -0.3 is 19.9 Å². The fourth-order valence-electron chi connectivity index (χ4n) is 5.33. The van der Waals surface area contributed by atoms with E-state index in [1.165, 1.54) is 0 Å². The number of anilines is 1. The fraction of sp³-hybridized carbons (Fsp3) is 0.435. The van der Waals surface area contributed by atoms with Gasteiger partial charge in [0.05, 0.1) is 12.5 Å². The summed E-state index contributed by atoms with van der Waals surface area (Å²) < 4.78 is 7.61. The van der Waals surface area contributed by atoms with Gasteiger partial charge in [-0.05, 0) is 45.2 Å². The lowest BCUT2D eigenvalue weighted by Gasteiger charge is -2.51. The number of H-pyrrole nitrogens is 1. The van der Waals surface area contributed by atoms with Crippen molar-refractivity contribution in [2.75, 3.05) is 19.0 Å². The van der Waals surface area contributed by atoms with Gasteiger partial charge in [-0.2, -0.15) is 9.97 Å². The third-order valence-electron chi connectivity index (χ3n) is 7.01. The first-order valence-corrected chi connectivity index (χ1v) is 11.3. The van der Waals surface area contributed by atoms with Crippen LogP contribution in [0.4, 0.5) is 5.95 Å². The van der Waals surface area contributed by atoms with Crippen LogP contribution in [0.3, 0.4) is 0 Å². The van der Waals surface area contributed by atoms with E-state index in [1.54, 1.807) is 7.11 Å². The Morgan fingerprint density at radius 3 is 2.85 bits per heavy atom. The molecule has 0 unspecified atom stereocenters. The van der Waals surface area contributed by atoms with Crippen LogP contribution in [0.1, 0.15) is 38.4 Å². The highest BCUT2D eigenvalue weighted by atomic mass is 16.5. The van der Waals surface area contributed by atoms with Gasteiger partial charge in [0.15, 0.2) is 5.65 Å². The standard InChI is InChI=1S/C23H26N8O2/c1-13-28-29-17-7-6-14(12-30(13)17)16-11-24-20-19(16)21(33-3)27-22(26-20)25-15-9-23(2,10-15)31-8-4-5-18(31)32/h6-7,11-12,15H,4-5,8-10H2,1-3H3,(H2,24,25,26,27)/t15-,23+. The zero-order valence-corrected chi connectivity index (χ0v) is 18.9. The molecule has 170 valence electrons. The van der Waals surface area contributed by atoms with Crippen molar-refractivity contribution < 1.29 is 9.53 Å². The van der Waals surface area contributed by atoms with Crippen LogP contribution in [0, 0.1) is 6.92 Å². The van der Waals surface area contributed by atoms with E-state index in [1.807, 2.05) is 40.8 Å². The minimum absolute atomic E-state index is 0.0714. The quantitative estimate of drug-likeness (QED) is 0.484. The summed E-state index contributed by atoms with van der Waals surface area (Å²) in [5.74, 6) is 2.13. The van der Waals surface area contributed by atoms with Gasteiger partial charge in [0, 0.05) is 48.1 Å². The van der Waals surface area contributed by atoms with Crippen LogP contribution in [0.25, 0.3) is 27.8 Å². The number of likely N-dealkylation sites (tertiary alicyclic amines) is 1. The van der Waals surface area contributed by atoms with E-state index < -0.39 is 0 Å². The lowest BCUT2D eigenvalue weighted by Crippen LogP contribution is -2.59. The zero-order valence-electron chi connectivity index (χ0n) is 18.9. The van der Waals surface area contributed by atoms with Crippen molar-refractivity contribution in [1.29, 1.82) is 0 Å². The average molecular weight is 447 g/mol. The number of aromatic amines is 1. The Kier molecular flexibility index (Phi) is 4.33. The van der Waals surface area contributed by atoms with Crippen LogP contribution < -0.4 is 10.1 Å². The number of carbonyl (C=O) groups is 1. The van der Waals surface area contributed by atoms with Gasteiger partial charge in [0.25, 0.3) is 0 Å². The van der Waals surface area contributed by atoms with Gasteiger partial charge in [-0.15, -0.1) is 10.2 Å². The number of rotatable bonds is 5. The molecule has 1 saturated heterocycles. The minimum atomic E-state index is -0.0714. The van der Waals surface area contributed by atoms with E-state index in [0.717, 1.165) is 53.8 Å². The number of aryl methyl sites for hydroxylation is 1. The highest BCUT2D eigenvalue weighted by molar-refractivity contribution is 5.97. The van der Waals surface area contributed by atoms with Gasteiger partial charge in [-0.1, -0.05) is 0 Å². The lowest BCUT2D eigenvalue weighted by atomic mass is 9.73. The van der Waals surface area contributed by atoms with E-state index in [-0.39, 0.29) is 17.5 Å². The predicted molar refractivity (Wildman–Crippen MR) is 123 cm³/mol. The minimum Gasteiger partial charge on any atom is -0.480 e. The molecule has 0 spiro atoms. The molecule has 0 aromatic carbocycles. The largest absolute Gasteiger partial charge is 0.480 e. The van der Waals surface area contributed by atoms with Crippen LogP contribution >= 0.6 is 0 Å². The first-order chi connectivity index (χ1) is 15.9. The number of hydrogen-bond acceptors (Lipinski definition) is 7. The van der Waals surface area contributed by atoms with Crippen molar-refractivity contribution in [3.63, 3.8) is 0 Å². The third kappa shape index (κ3) is 3.12. The molecule has 10 nitrogen and oxygen atoms in total. The predicted octanol–water partition coefficient (Wildman–Crippen LogP) is 2.94. The number of amides is 1. The Hall–Kier alpha value is -3.69. The number of fused-ring (bicyclic) bond motifs is 2. The van der Waals surface area contributed by atoms with Crippen LogP contribution in [0.15, 0.2) is 24.5 Å². The van der Waals surface area contributed by atoms with Gasteiger partial charge in [0.1, 0.15) is 11.5 Å². The number of carbonyl (C=O) groups excluding carboxylic acids is 1. The maximum Gasteiger partial charge on any atom is 0.228 e. The Bertz CT molecular complexity index is 1380. The first-order valence-electron chi connectivity index (χ1n) is 11.3. The van der Waals surface area contributed by atoms with Crippen molar-refractivity contribution in [2.45, 2.75) is 51.1 Å².